The zero-order valence-corrected chi connectivity index (χ0v) is 26.1. The van der Waals surface area contributed by atoms with Crippen molar-refractivity contribution in [2.75, 3.05) is 26.7 Å². The Morgan fingerprint density at radius 1 is 1.02 bits per heavy atom. The highest BCUT2D eigenvalue weighted by Crippen LogP contribution is 2.41. The van der Waals surface area contributed by atoms with E-state index in [1.54, 1.807) is 4.90 Å². The van der Waals surface area contributed by atoms with E-state index in [0.29, 0.717) is 70.3 Å². The van der Waals surface area contributed by atoms with Gasteiger partial charge < -0.3 is 24.1 Å². The molecule has 0 bridgehead atoms. The van der Waals surface area contributed by atoms with Crippen LogP contribution in [0.1, 0.15) is 52.4 Å². The summed E-state index contributed by atoms with van der Waals surface area (Å²) in [5, 5.41) is 4.22. The molecule has 1 N–H and O–H groups in total. The Kier molecular flexibility index (Phi) is 8.42. The Morgan fingerprint density at radius 2 is 1.77 bits per heavy atom. The van der Waals surface area contributed by atoms with Gasteiger partial charge in [-0.25, -0.2) is 9.97 Å². The molecule has 0 atom stereocenters. The van der Waals surface area contributed by atoms with Crippen molar-refractivity contribution in [2.45, 2.75) is 45.8 Å². The molecular weight excluding hydrogens is 587 g/mol. The average molecular weight is 622 g/mol. The van der Waals surface area contributed by atoms with Crippen LogP contribution in [0.3, 0.4) is 0 Å². The monoisotopic (exact) mass is 620 g/mol. The van der Waals surface area contributed by atoms with Crippen LogP contribution >= 0.6 is 23.2 Å². The molecule has 2 aliphatic rings. The molecule has 4 aromatic rings. The summed E-state index contributed by atoms with van der Waals surface area (Å²) in [7, 11) is 3.90. The van der Waals surface area contributed by atoms with Gasteiger partial charge in [-0.05, 0) is 25.2 Å². The molecule has 0 spiro atoms. The van der Waals surface area contributed by atoms with Gasteiger partial charge in [0.1, 0.15) is 11.5 Å². The van der Waals surface area contributed by atoms with Crippen molar-refractivity contribution < 1.29 is 14.0 Å². The first-order valence-electron chi connectivity index (χ1n) is 14.5. The quantitative estimate of drug-likeness (QED) is 0.253. The van der Waals surface area contributed by atoms with Gasteiger partial charge in [0, 0.05) is 62.8 Å². The summed E-state index contributed by atoms with van der Waals surface area (Å²) < 4.78 is 8.03. The predicted octanol–water partition coefficient (Wildman–Crippen LogP) is 5.30. The predicted molar refractivity (Wildman–Crippen MR) is 166 cm³/mol. The van der Waals surface area contributed by atoms with Gasteiger partial charge in [-0.3, -0.25) is 9.59 Å². The second-order valence-electron chi connectivity index (χ2n) is 11.1. The van der Waals surface area contributed by atoms with Gasteiger partial charge in [0.2, 0.25) is 17.6 Å². The van der Waals surface area contributed by atoms with Crippen molar-refractivity contribution in [1.29, 1.82) is 0 Å². The van der Waals surface area contributed by atoms with E-state index < -0.39 is 0 Å². The number of fused-ring (bicyclic) bond motifs is 2. The minimum absolute atomic E-state index is 0.0857. The molecule has 4 heterocycles. The van der Waals surface area contributed by atoms with E-state index in [1.807, 2.05) is 55.1 Å². The average Bonchev–Trinajstić information content (AvgIpc) is 3.69. The van der Waals surface area contributed by atoms with Crippen LogP contribution in [-0.2, 0) is 44.3 Å². The number of ketones is 1. The smallest absolute Gasteiger partial charge is 0.228 e. The maximum atomic E-state index is 13.3. The van der Waals surface area contributed by atoms with Crippen LogP contribution in [0.2, 0.25) is 10.0 Å². The molecule has 0 radical (unpaired) electrons. The molecule has 0 fully saturated rings. The Labute approximate surface area is 260 Å². The van der Waals surface area contributed by atoms with Gasteiger partial charge in [0.05, 0.1) is 34.4 Å². The maximum Gasteiger partial charge on any atom is 0.228 e. The Morgan fingerprint density at radius 3 is 2.51 bits per heavy atom. The number of rotatable bonds is 9. The number of hydrogen-bond acceptors (Lipinski definition) is 7. The van der Waals surface area contributed by atoms with Gasteiger partial charge in [-0.2, -0.15) is 0 Å². The Balaban J connectivity index is 1.21. The Bertz CT molecular complexity index is 1690. The fourth-order valence-corrected chi connectivity index (χ4v) is 6.32. The summed E-state index contributed by atoms with van der Waals surface area (Å²) in [6.45, 7) is 6.04. The van der Waals surface area contributed by atoms with Crippen LogP contribution in [0.15, 0.2) is 40.8 Å². The first-order valence-corrected chi connectivity index (χ1v) is 15.3. The van der Waals surface area contributed by atoms with Crippen molar-refractivity contribution in [3.8, 4) is 22.6 Å². The van der Waals surface area contributed by atoms with Gasteiger partial charge in [0.15, 0.2) is 5.82 Å². The maximum absolute atomic E-state index is 13.3. The van der Waals surface area contributed by atoms with E-state index in [-0.39, 0.29) is 18.1 Å². The highest BCUT2D eigenvalue weighted by molar-refractivity contribution is 6.38. The van der Waals surface area contributed by atoms with E-state index in [1.165, 1.54) is 0 Å². The van der Waals surface area contributed by atoms with Crippen LogP contribution in [-0.4, -0.2) is 62.7 Å². The molecule has 1 amide bonds. The molecule has 0 aliphatic carbocycles. The molecule has 224 valence electrons. The zero-order chi connectivity index (χ0) is 30.2. The number of hydrogen-bond donors (Lipinski definition) is 1. The van der Waals surface area contributed by atoms with Crippen LogP contribution in [0.25, 0.3) is 22.6 Å². The van der Waals surface area contributed by atoms with E-state index >= 15 is 0 Å². The molecule has 11 heteroatoms. The molecular formula is C32H34Cl2N6O3. The minimum Gasteiger partial charge on any atom is -0.439 e. The highest BCUT2D eigenvalue weighted by Gasteiger charge is 2.30. The molecule has 43 heavy (non-hydrogen) atoms. The molecule has 2 aromatic heterocycles. The number of halogens is 2. The third-order valence-corrected chi connectivity index (χ3v) is 9.23. The van der Waals surface area contributed by atoms with Crippen molar-refractivity contribution in [1.82, 2.24) is 29.7 Å². The largest absolute Gasteiger partial charge is 0.439 e. The van der Waals surface area contributed by atoms with Crippen molar-refractivity contribution in [3.63, 3.8) is 0 Å². The number of oxazole rings is 1. The first kappa shape index (κ1) is 29.6. The van der Waals surface area contributed by atoms with E-state index in [2.05, 4.69) is 22.1 Å². The summed E-state index contributed by atoms with van der Waals surface area (Å²) in [4.78, 5) is 39.2. The lowest BCUT2D eigenvalue weighted by molar-refractivity contribution is -0.132. The van der Waals surface area contributed by atoms with E-state index in [0.717, 1.165) is 48.7 Å². The number of carbonyl (C=O) groups is 2. The lowest BCUT2D eigenvalue weighted by Gasteiger charge is -2.18. The topological polar surface area (TPSA) is 96.5 Å². The number of carbonyl (C=O) groups excluding carboxylic acids is 2. The standard InChI is InChI=1S/C32H34Cl2N6O3/c1-4-38(2)14-12-28(42)40-17-24-27(18-40)43-32(37-24)22-10-6-9-21(30(22)34)20-8-5-7-19(29(20)33)15-26(41)31-36-23-16-35-13-11-25(23)39(31)3/h5-10,35H,4,11-18H2,1-3H3. The van der Waals surface area contributed by atoms with Crippen LogP contribution < -0.4 is 5.32 Å². The van der Waals surface area contributed by atoms with Crippen LogP contribution in [0.4, 0.5) is 0 Å². The highest BCUT2D eigenvalue weighted by atomic mass is 35.5. The summed E-state index contributed by atoms with van der Waals surface area (Å²) in [5.41, 5.74) is 5.55. The number of nitrogens with zero attached hydrogens (tertiary/aromatic N) is 5. The number of imidazole rings is 1. The van der Waals surface area contributed by atoms with E-state index in [4.69, 9.17) is 32.6 Å². The van der Waals surface area contributed by atoms with Gasteiger partial charge in [-0.1, -0.05) is 60.5 Å². The summed E-state index contributed by atoms with van der Waals surface area (Å²) in [6, 6.07) is 11.3. The minimum atomic E-state index is -0.0880. The van der Waals surface area contributed by atoms with E-state index in [9.17, 15) is 9.59 Å². The number of benzene rings is 2. The molecule has 6 rings (SSSR count). The lowest BCUT2D eigenvalue weighted by atomic mass is 9.98. The normalized spacial score (nSPS) is 14.3. The van der Waals surface area contributed by atoms with Crippen LogP contribution in [0.5, 0.6) is 0 Å². The molecule has 9 nitrogen and oxygen atoms in total. The number of nitrogens with one attached hydrogen (secondary N) is 1. The molecule has 0 saturated heterocycles. The van der Waals surface area contributed by atoms with Crippen molar-refractivity contribution in [2.24, 2.45) is 7.05 Å². The SMILES string of the molecule is CCN(C)CCC(=O)N1Cc2nc(-c3cccc(-c4cccc(CC(=O)c5nc6c(n5C)CCNC6)c4Cl)c3Cl)oc2C1. The second-order valence-corrected chi connectivity index (χ2v) is 11.9. The summed E-state index contributed by atoms with van der Waals surface area (Å²) in [6.07, 6.45) is 1.43. The van der Waals surface area contributed by atoms with Crippen LogP contribution in [0, 0.1) is 0 Å². The molecule has 0 unspecified atom stereocenters. The van der Waals surface area contributed by atoms with Gasteiger partial charge in [0.25, 0.3) is 0 Å². The lowest BCUT2D eigenvalue weighted by Crippen LogP contribution is -2.30. The molecule has 0 saturated carbocycles. The fourth-order valence-electron chi connectivity index (χ4n) is 5.72. The number of aromatic nitrogens is 3. The number of amides is 1. The molecule has 2 aromatic carbocycles. The second kappa shape index (κ2) is 12.2. The number of Topliss-reactive ketones (excluding diaryl/α,β-unsaturated/α-hetero) is 1. The third-order valence-electron chi connectivity index (χ3n) is 8.38. The van der Waals surface area contributed by atoms with Crippen molar-refractivity contribution >= 4 is 34.9 Å². The van der Waals surface area contributed by atoms with Gasteiger partial charge >= 0.3 is 0 Å². The van der Waals surface area contributed by atoms with Crippen molar-refractivity contribution in [3.05, 3.63) is 80.7 Å². The first-order chi connectivity index (χ1) is 20.7. The zero-order valence-electron chi connectivity index (χ0n) is 24.5. The Hall–Kier alpha value is -3.50. The summed E-state index contributed by atoms with van der Waals surface area (Å²) in [5.74, 6) is 1.53. The summed E-state index contributed by atoms with van der Waals surface area (Å²) >= 11 is 13.9. The fraction of sp³-hybridized carbons (Fsp3) is 0.375. The third kappa shape index (κ3) is 5.74. The van der Waals surface area contributed by atoms with Gasteiger partial charge in [-0.15, -0.1) is 0 Å². The molecule has 2 aliphatic heterocycles.